The highest BCUT2D eigenvalue weighted by Crippen LogP contribution is 2.44. The van der Waals surface area contributed by atoms with E-state index in [-0.39, 0.29) is 10.8 Å². The monoisotopic (exact) mass is 416 g/mol. The summed E-state index contributed by atoms with van der Waals surface area (Å²) in [5, 5.41) is 7.54. The molecule has 3 rings (SSSR count). The SMILES string of the molecule is CC#N.CCN(CCCc1ccc(C2CC(Cl)C2Cl)cc1)Cc1ccccc1. The molecular weight excluding hydrogens is 387 g/mol. The molecule has 0 spiro atoms. The molecule has 3 atom stereocenters. The van der Waals surface area contributed by atoms with Crippen LogP contribution in [0.25, 0.3) is 0 Å². The maximum atomic E-state index is 7.32. The maximum Gasteiger partial charge on any atom is 0.0587 e. The molecule has 0 saturated heterocycles. The number of hydrogen-bond donors (Lipinski definition) is 0. The molecule has 0 aromatic heterocycles. The zero-order chi connectivity index (χ0) is 20.4. The van der Waals surface area contributed by atoms with Crippen molar-refractivity contribution in [2.75, 3.05) is 13.1 Å². The van der Waals surface area contributed by atoms with Crippen LogP contribution in [0.15, 0.2) is 54.6 Å². The minimum absolute atomic E-state index is 0.0867. The number of nitriles is 1. The maximum absolute atomic E-state index is 7.32. The third-order valence-corrected chi connectivity index (χ3v) is 6.44. The normalized spacial score (nSPS) is 20.6. The molecule has 28 heavy (non-hydrogen) atoms. The summed E-state index contributed by atoms with van der Waals surface area (Å²) in [5.74, 6) is 0.430. The van der Waals surface area contributed by atoms with E-state index in [1.54, 1.807) is 6.07 Å². The topological polar surface area (TPSA) is 27.0 Å². The van der Waals surface area contributed by atoms with Crippen molar-refractivity contribution in [3.63, 3.8) is 0 Å². The highest BCUT2D eigenvalue weighted by molar-refractivity contribution is 6.31. The van der Waals surface area contributed by atoms with Crippen molar-refractivity contribution in [2.24, 2.45) is 0 Å². The van der Waals surface area contributed by atoms with Crippen molar-refractivity contribution >= 4 is 23.2 Å². The second-order valence-electron chi connectivity index (χ2n) is 7.23. The third-order valence-electron chi connectivity index (χ3n) is 5.25. The van der Waals surface area contributed by atoms with Crippen molar-refractivity contribution in [3.05, 3.63) is 71.3 Å². The number of alkyl halides is 2. The van der Waals surface area contributed by atoms with Crippen LogP contribution in [-0.2, 0) is 13.0 Å². The summed E-state index contributed by atoms with van der Waals surface area (Å²) < 4.78 is 0. The molecule has 2 nitrogen and oxygen atoms in total. The number of benzene rings is 2. The Balaban J connectivity index is 0.000000878. The molecule has 0 bridgehead atoms. The van der Waals surface area contributed by atoms with E-state index in [1.165, 1.54) is 30.0 Å². The standard InChI is InChI=1S/C22H27Cl2N.C2H3N/c1-2-25(16-18-7-4-3-5-8-18)14-6-9-17-10-12-19(13-11-17)20-15-21(23)22(20)24;1-2-3/h3-5,7-8,10-13,20-22H,2,6,9,14-16H2,1H3;1H3. The molecule has 3 unspecified atom stereocenters. The Bertz CT molecular complexity index is 725. The van der Waals surface area contributed by atoms with Crippen molar-refractivity contribution < 1.29 is 0 Å². The molecule has 0 amide bonds. The van der Waals surface area contributed by atoms with Crippen LogP contribution in [-0.4, -0.2) is 28.7 Å². The Morgan fingerprint density at radius 3 is 2.21 bits per heavy atom. The Morgan fingerprint density at radius 2 is 1.68 bits per heavy atom. The van der Waals surface area contributed by atoms with Crippen LogP contribution in [0, 0.1) is 11.3 Å². The molecule has 1 fully saturated rings. The predicted molar refractivity (Wildman–Crippen MR) is 120 cm³/mol. The van der Waals surface area contributed by atoms with Crippen LogP contribution >= 0.6 is 23.2 Å². The van der Waals surface area contributed by atoms with Gasteiger partial charge in [-0.3, -0.25) is 4.90 Å². The van der Waals surface area contributed by atoms with E-state index in [9.17, 15) is 0 Å². The smallest absolute Gasteiger partial charge is 0.0587 e. The Morgan fingerprint density at radius 1 is 1.04 bits per heavy atom. The number of aryl methyl sites for hydroxylation is 1. The van der Waals surface area contributed by atoms with Gasteiger partial charge in [-0.25, -0.2) is 0 Å². The molecule has 1 saturated carbocycles. The van der Waals surface area contributed by atoms with Crippen LogP contribution in [0.4, 0.5) is 0 Å². The fraction of sp³-hybridized carbons (Fsp3) is 0.458. The predicted octanol–water partition coefficient (Wildman–Crippen LogP) is 6.37. The van der Waals surface area contributed by atoms with Gasteiger partial charge < -0.3 is 0 Å². The summed E-state index contributed by atoms with van der Waals surface area (Å²) in [6.45, 7) is 6.93. The van der Waals surface area contributed by atoms with Gasteiger partial charge in [0.2, 0.25) is 0 Å². The van der Waals surface area contributed by atoms with Crippen LogP contribution in [0.3, 0.4) is 0 Å². The zero-order valence-corrected chi connectivity index (χ0v) is 18.3. The molecule has 2 aromatic carbocycles. The first-order valence-corrected chi connectivity index (χ1v) is 10.9. The summed E-state index contributed by atoms with van der Waals surface area (Å²) in [5.41, 5.74) is 4.13. The van der Waals surface area contributed by atoms with Crippen molar-refractivity contribution in [2.45, 2.75) is 56.3 Å². The second-order valence-corrected chi connectivity index (χ2v) is 8.29. The number of rotatable bonds is 8. The lowest BCUT2D eigenvalue weighted by Crippen LogP contribution is -2.36. The average Bonchev–Trinajstić information content (AvgIpc) is 2.73. The van der Waals surface area contributed by atoms with E-state index in [0.29, 0.717) is 5.92 Å². The summed E-state index contributed by atoms with van der Waals surface area (Å²) in [7, 11) is 0. The molecular formula is C24H30Cl2N2. The molecule has 0 heterocycles. The van der Waals surface area contributed by atoms with Gasteiger partial charge in [0.05, 0.1) is 16.8 Å². The Kier molecular flexibility index (Phi) is 9.85. The van der Waals surface area contributed by atoms with Crippen LogP contribution in [0.1, 0.15) is 49.3 Å². The first-order valence-electron chi connectivity index (χ1n) is 10.0. The quantitative estimate of drug-likeness (QED) is 0.467. The summed E-state index contributed by atoms with van der Waals surface area (Å²) >= 11 is 12.4. The number of nitrogens with zero attached hydrogens (tertiary/aromatic N) is 2. The van der Waals surface area contributed by atoms with Gasteiger partial charge in [-0.05, 0) is 49.0 Å². The fourth-order valence-corrected chi connectivity index (χ4v) is 4.23. The molecule has 2 aromatic rings. The van der Waals surface area contributed by atoms with Crippen molar-refractivity contribution in [1.82, 2.24) is 4.90 Å². The lowest BCUT2D eigenvalue weighted by atomic mass is 9.78. The van der Waals surface area contributed by atoms with Gasteiger partial charge in [0.15, 0.2) is 0 Å². The highest BCUT2D eigenvalue weighted by atomic mass is 35.5. The van der Waals surface area contributed by atoms with Crippen LogP contribution in [0.5, 0.6) is 0 Å². The van der Waals surface area contributed by atoms with Gasteiger partial charge in [0.25, 0.3) is 0 Å². The van der Waals surface area contributed by atoms with Crippen molar-refractivity contribution in [3.8, 4) is 6.07 Å². The van der Waals surface area contributed by atoms with Gasteiger partial charge in [-0.2, -0.15) is 5.26 Å². The average molecular weight is 417 g/mol. The fourth-order valence-electron chi connectivity index (χ4n) is 3.51. The van der Waals surface area contributed by atoms with Gasteiger partial charge >= 0.3 is 0 Å². The van der Waals surface area contributed by atoms with E-state index in [2.05, 4.69) is 66.4 Å². The van der Waals surface area contributed by atoms with E-state index >= 15 is 0 Å². The van der Waals surface area contributed by atoms with Crippen molar-refractivity contribution in [1.29, 1.82) is 5.26 Å². The van der Waals surface area contributed by atoms with Gasteiger partial charge in [0.1, 0.15) is 0 Å². The molecule has 4 heteroatoms. The minimum Gasteiger partial charge on any atom is -0.299 e. The molecule has 1 aliphatic carbocycles. The first kappa shape index (κ1) is 22.8. The highest BCUT2D eigenvalue weighted by Gasteiger charge is 2.39. The van der Waals surface area contributed by atoms with E-state index < -0.39 is 0 Å². The molecule has 0 N–H and O–H groups in total. The molecule has 0 aliphatic heterocycles. The zero-order valence-electron chi connectivity index (χ0n) is 16.8. The summed E-state index contributed by atoms with van der Waals surface area (Å²) in [6.07, 6.45) is 3.31. The summed E-state index contributed by atoms with van der Waals surface area (Å²) in [4.78, 5) is 2.51. The molecule has 150 valence electrons. The molecule has 1 aliphatic rings. The number of halogens is 2. The Hall–Kier alpha value is -1.53. The molecule has 0 radical (unpaired) electrons. The van der Waals surface area contributed by atoms with E-state index in [0.717, 1.165) is 32.5 Å². The van der Waals surface area contributed by atoms with Gasteiger partial charge in [0, 0.05) is 19.4 Å². The first-order chi connectivity index (χ1) is 13.6. The lowest BCUT2D eigenvalue weighted by Gasteiger charge is -2.37. The minimum atomic E-state index is 0.0867. The van der Waals surface area contributed by atoms with Crippen LogP contribution < -0.4 is 0 Å². The van der Waals surface area contributed by atoms with Crippen LogP contribution in [0.2, 0.25) is 0 Å². The van der Waals surface area contributed by atoms with E-state index in [4.69, 9.17) is 28.5 Å². The largest absolute Gasteiger partial charge is 0.299 e. The number of hydrogen-bond acceptors (Lipinski definition) is 2. The summed E-state index contributed by atoms with van der Waals surface area (Å²) in [6, 6.07) is 21.5. The van der Waals surface area contributed by atoms with E-state index in [1.807, 2.05) is 0 Å². The van der Waals surface area contributed by atoms with Gasteiger partial charge in [-0.15, -0.1) is 23.2 Å². The second kappa shape index (κ2) is 12.1. The Labute approximate surface area is 180 Å². The third kappa shape index (κ3) is 6.82. The van der Waals surface area contributed by atoms with Gasteiger partial charge in [-0.1, -0.05) is 61.5 Å². The lowest BCUT2D eigenvalue weighted by molar-refractivity contribution is 0.276.